The second kappa shape index (κ2) is 9.58. The third-order valence-corrected chi connectivity index (χ3v) is 8.70. The Balaban J connectivity index is 1.22. The average molecular weight is 563 g/mol. The highest BCUT2D eigenvalue weighted by molar-refractivity contribution is 6.24. The predicted molar refractivity (Wildman–Crippen MR) is 181 cm³/mol. The molecule has 0 spiro atoms. The van der Waals surface area contributed by atoms with E-state index in [1.807, 2.05) is 60.7 Å². The summed E-state index contributed by atoms with van der Waals surface area (Å²) in [4.78, 5) is 14.7. The van der Waals surface area contributed by atoms with Crippen molar-refractivity contribution in [3.8, 4) is 45.3 Å². The van der Waals surface area contributed by atoms with Crippen LogP contribution in [0.25, 0.3) is 83.4 Å². The number of hydrogen-bond acceptors (Lipinski definition) is 3. The second-order valence-corrected chi connectivity index (χ2v) is 11.4. The predicted octanol–water partition coefficient (Wildman–Crippen LogP) is 10.00. The van der Waals surface area contributed by atoms with Crippen molar-refractivity contribution >= 4 is 38.1 Å². The molecule has 0 atom stereocenters. The first-order valence-electron chi connectivity index (χ1n) is 14.9. The summed E-state index contributed by atoms with van der Waals surface area (Å²) in [5.74, 6) is 2.00. The molecule has 44 heavy (non-hydrogen) atoms. The monoisotopic (exact) mass is 562 g/mol. The van der Waals surface area contributed by atoms with Crippen molar-refractivity contribution in [2.45, 2.75) is 6.92 Å². The first-order valence-corrected chi connectivity index (χ1v) is 14.9. The van der Waals surface area contributed by atoms with Crippen LogP contribution in [0.5, 0.6) is 0 Å². The van der Waals surface area contributed by atoms with E-state index >= 15 is 0 Å². The van der Waals surface area contributed by atoms with Crippen LogP contribution in [-0.2, 0) is 0 Å². The Morgan fingerprint density at radius 2 is 0.886 bits per heavy atom. The quantitative estimate of drug-likeness (QED) is 0.214. The molecule has 0 bridgehead atoms. The number of hydrogen-bond donors (Lipinski definition) is 0. The molecule has 0 saturated carbocycles. The number of nitrogens with zero attached hydrogens (tertiary/aromatic N) is 4. The van der Waals surface area contributed by atoms with Gasteiger partial charge in [-0.2, -0.15) is 0 Å². The van der Waals surface area contributed by atoms with Crippen LogP contribution >= 0.6 is 0 Å². The number of rotatable bonds is 4. The van der Waals surface area contributed by atoms with Gasteiger partial charge in [-0.1, -0.05) is 109 Å². The van der Waals surface area contributed by atoms with E-state index in [1.54, 1.807) is 0 Å². The molecule has 0 N–H and O–H groups in total. The van der Waals surface area contributed by atoms with E-state index in [0.717, 1.165) is 16.7 Å². The van der Waals surface area contributed by atoms with Crippen LogP contribution in [0.1, 0.15) is 5.56 Å². The van der Waals surface area contributed by atoms with E-state index in [9.17, 15) is 0 Å². The molecule has 9 rings (SSSR count). The second-order valence-electron chi connectivity index (χ2n) is 11.4. The zero-order valence-electron chi connectivity index (χ0n) is 24.1. The summed E-state index contributed by atoms with van der Waals surface area (Å²) in [5, 5.41) is 5.12. The Bertz CT molecular complexity index is 2350. The summed E-state index contributed by atoms with van der Waals surface area (Å²) in [7, 11) is 0. The fourth-order valence-electron chi connectivity index (χ4n) is 6.67. The van der Waals surface area contributed by atoms with Gasteiger partial charge in [0, 0.05) is 38.2 Å². The van der Waals surface area contributed by atoms with Gasteiger partial charge in [-0.15, -0.1) is 0 Å². The molecule has 0 radical (unpaired) electrons. The van der Waals surface area contributed by atoms with Crippen molar-refractivity contribution in [2.75, 3.05) is 0 Å². The van der Waals surface area contributed by atoms with E-state index in [1.165, 1.54) is 54.8 Å². The molecule has 0 fully saturated rings. The molecule has 0 aliphatic rings. The van der Waals surface area contributed by atoms with Gasteiger partial charge in [0.25, 0.3) is 0 Å². The van der Waals surface area contributed by atoms with Gasteiger partial charge in [-0.25, -0.2) is 15.0 Å². The first kappa shape index (κ1) is 24.7. The highest BCUT2D eigenvalue weighted by atomic mass is 15.0. The summed E-state index contributed by atoms with van der Waals surface area (Å²) in [6.45, 7) is 2.18. The van der Waals surface area contributed by atoms with Gasteiger partial charge in [-0.05, 0) is 53.9 Å². The fraction of sp³-hybridized carbons (Fsp3) is 0.0250. The topological polar surface area (TPSA) is 43.1 Å². The molecule has 9 aromatic rings. The summed E-state index contributed by atoms with van der Waals surface area (Å²) >= 11 is 0. The lowest BCUT2D eigenvalue weighted by atomic mass is 9.95. The SMILES string of the molecule is Cc1cc(-c2nc(-c3ccccc3)nc(-c3ccccc3)n2)ccc1-c1cc2c3ccccc3n3c4ccccc4c(c1)c23. The smallest absolute Gasteiger partial charge is 0.164 e. The van der Waals surface area contributed by atoms with Crippen LogP contribution in [0.15, 0.2) is 140 Å². The van der Waals surface area contributed by atoms with Crippen LogP contribution in [-0.4, -0.2) is 19.4 Å². The van der Waals surface area contributed by atoms with Crippen LogP contribution < -0.4 is 0 Å². The fourth-order valence-corrected chi connectivity index (χ4v) is 6.67. The standard InChI is InChI=1S/C40H26N4/c1-25-22-28(40-42-38(26-12-4-2-5-13-26)41-39(43-40)27-14-6-3-7-15-27)20-21-30(25)29-23-33-31-16-8-10-18-35(31)44-36-19-11-9-17-32(36)34(24-29)37(33)44/h2-24H,1H3. The molecule has 206 valence electrons. The number of para-hydroxylation sites is 2. The van der Waals surface area contributed by atoms with E-state index in [2.05, 4.69) is 90.2 Å². The van der Waals surface area contributed by atoms with E-state index < -0.39 is 0 Å². The number of aromatic nitrogens is 4. The van der Waals surface area contributed by atoms with E-state index in [-0.39, 0.29) is 0 Å². The first-order chi connectivity index (χ1) is 21.7. The molecule has 0 aliphatic heterocycles. The van der Waals surface area contributed by atoms with E-state index in [4.69, 9.17) is 15.0 Å². The van der Waals surface area contributed by atoms with Crippen molar-refractivity contribution in [2.24, 2.45) is 0 Å². The number of fused-ring (bicyclic) bond motifs is 6. The zero-order chi connectivity index (χ0) is 29.2. The number of aryl methyl sites for hydroxylation is 1. The van der Waals surface area contributed by atoms with Crippen LogP contribution in [0.4, 0.5) is 0 Å². The maximum absolute atomic E-state index is 4.95. The molecule has 3 aromatic heterocycles. The third-order valence-electron chi connectivity index (χ3n) is 8.70. The summed E-state index contributed by atoms with van der Waals surface area (Å²) in [6, 6.07) is 48.9. The van der Waals surface area contributed by atoms with Gasteiger partial charge in [0.15, 0.2) is 17.5 Å². The van der Waals surface area contributed by atoms with Gasteiger partial charge >= 0.3 is 0 Å². The highest BCUT2D eigenvalue weighted by Crippen LogP contribution is 2.42. The molecule has 4 heteroatoms. The normalized spacial score (nSPS) is 11.8. The molecule has 4 nitrogen and oxygen atoms in total. The van der Waals surface area contributed by atoms with Gasteiger partial charge < -0.3 is 4.40 Å². The summed E-state index contributed by atoms with van der Waals surface area (Å²) in [5.41, 5.74) is 10.3. The van der Waals surface area contributed by atoms with Crippen molar-refractivity contribution in [3.05, 3.63) is 145 Å². The Kier molecular flexibility index (Phi) is 5.38. The van der Waals surface area contributed by atoms with Crippen LogP contribution in [0, 0.1) is 6.92 Å². The minimum Gasteiger partial charge on any atom is -0.308 e. The Hall–Kier alpha value is -5.87. The molecule has 6 aromatic carbocycles. The zero-order valence-corrected chi connectivity index (χ0v) is 24.1. The molecule has 3 heterocycles. The van der Waals surface area contributed by atoms with Crippen molar-refractivity contribution in [3.63, 3.8) is 0 Å². The van der Waals surface area contributed by atoms with Crippen LogP contribution in [0.2, 0.25) is 0 Å². The van der Waals surface area contributed by atoms with Gasteiger partial charge in [-0.3, -0.25) is 0 Å². The summed E-state index contributed by atoms with van der Waals surface area (Å²) < 4.78 is 2.42. The van der Waals surface area contributed by atoms with Crippen LogP contribution in [0.3, 0.4) is 0 Å². The molecule has 0 aliphatic carbocycles. The molecular weight excluding hydrogens is 536 g/mol. The van der Waals surface area contributed by atoms with Crippen molar-refractivity contribution in [1.29, 1.82) is 0 Å². The maximum Gasteiger partial charge on any atom is 0.164 e. The minimum atomic E-state index is 0.665. The molecular formula is C40H26N4. The van der Waals surface area contributed by atoms with Crippen molar-refractivity contribution in [1.82, 2.24) is 19.4 Å². The van der Waals surface area contributed by atoms with Crippen molar-refractivity contribution < 1.29 is 0 Å². The largest absolute Gasteiger partial charge is 0.308 e. The Morgan fingerprint density at radius 3 is 1.41 bits per heavy atom. The Morgan fingerprint density at radius 1 is 0.409 bits per heavy atom. The maximum atomic E-state index is 4.95. The molecule has 0 saturated heterocycles. The lowest BCUT2D eigenvalue weighted by Crippen LogP contribution is -2.00. The molecule has 0 unspecified atom stereocenters. The number of benzene rings is 6. The third kappa shape index (κ3) is 3.74. The molecule has 0 amide bonds. The van der Waals surface area contributed by atoms with E-state index in [0.29, 0.717) is 17.5 Å². The highest BCUT2D eigenvalue weighted by Gasteiger charge is 2.19. The average Bonchev–Trinajstić information content (AvgIpc) is 3.60. The minimum absolute atomic E-state index is 0.665. The van der Waals surface area contributed by atoms with Gasteiger partial charge in [0.2, 0.25) is 0 Å². The summed E-state index contributed by atoms with van der Waals surface area (Å²) in [6.07, 6.45) is 0. The van der Waals surface area contributed by atoms with Gasteiger partial charge in [0.1, 0.15) is 0 Å². The lowest BCUT2D eigenvalue weighted by Gasteiger charge is -2.12. The Labute approximate surface area is 254 Å². The van der Waals surface area contributed by atoms with Gasteiger partial charge in [0.05, 0.1) is 16.6 Å². The lowest BCUT2D eigenvalue weighted by molar-refractivity contribution is 1.07.